The van der Waals surface area contributed by atoms with Crippen LogP contribution in [0.5, 0.6) is 17.2 Å². The predicted octanol–water partition coefficient (Wildman–Crippen LogP) is 6.87. The van der Waals surface area contributed by atoms with Crippen LogP contribution >= 0.6 is 34.5 Å². The van der Waals surface area contributed by atoms with Gasteiger partial charge < -0.3 is 18.9 Å². The van der Waals surface area contributed by atoms with Crippen molar-refractivity contribution in [1.82, 2.24) is 4.57 Å². The zero-order chi connectivity index (χ0) is 32.8. The quantitative estimate of drug-likeness (QED) is 0.152. The molecule has 3 aromatic carbocycles. The molecule has 240 valence electrons. The Kier molecular flexibility index (Phi) is 10.9. The highest BCUT2D eigenvalue weighted by atomic mass is 35.5. The van der Waals surface area contributed by atoms with E-state index in [1.54, 1.807) is 31.2 Å². The lowest BCUT2D eigenvalue weighted by Gasteiger charge is -2.27. The third-order valence-corrected chi connectivity index (χ3v) is 8.87. The lowest BCUT2D eigenvalue weighted by atomic mass is 9.93. The number of benzene rings is 3. The van der Waals surface area contributed by atoms with Gasteiger partial charge in [0.1, 0.15) is 18.4 Å². The van der Waals surface area contributed by atoms with Crippen LogP contribution in [0.25, 0.3) is 6.08 Å². The highest BCUT2D eigenvalue weighted by Crippen LogP contribution is 2.38. The Labute approximate surface area is 281 Å². The number of allylic oxidation sites excluding steroid dienone is 1. The van der Waals surface area contributed by atoms with Gasteiger partial charge in [0.25, 0.3) is 5.56 Å². The van der Waals surface area contributed by atoms with E-state index in [2.05, 4.69) is 0 Å². The first-order chi connectivity index (χ1) is 22.3. The Bertz CT molecular complexity index is 1970. The summed E-state index contributed by atoms with van der Waals surface area (Å²) >= 11 is 14.0. The molecule has 0 saturated carbocycles. The molecule has 4 aromatic rings. The highest BCUT2D eigenvalue weighted by molar-refractivity contribution is 7.07. The summed E-state index contributed by atoms with van der Waals surface area (Å²) in [5.74, 6) is 1.03. The number of hydrogen-bond acceptors (Lipinski definition) is 8. The van der Waals surface area contributed by atoms with Crippen LogP contribution in [0.4, 0.5) is 0 Å². The first-order valence-electron chi connectivity index (χ1n) is 15.0. The van der Waals surface area contributed by atoms with Crippen molar-refractivity contribution in [2.45, 2.75) is 46.3 Å². The van der Waals surface area contributed by atoms with Crippen LogP contribution in [0, 0.1) is 0 Å². The Hall–Kier alpha value is -4.05. The van der Waals surface area contributed by atoms with E-state index in [0.717, 1.165) is 17.5 Å². The number of fused-ring (bicyclic) bond motifs is 1. The van der Waals surface area contributed by atoms with Crippen LogP contribution in [0.1, 0.15) is 56.3 Å². The molecule has 0 amide bonds. The van der Waals surface area contributed by atoms with Gasteiger partial charge in [0.2, 0.25) is 0 Å². The molecule has 46 heavy (non-hydrogen) atoms. The van der Waals surface area contributed by atoms with E-state index >= 15 is 0 Å². The Morgan fingerprint density at radius 3 is 2.48 bits per heavy atom. The summed E-state index contributed by atoms with van der Waals surface area (Å²) in [5, 5.41) is 1.06. The van der Waals surface area contributed by atoms with Crippen LogP contribution in [0.3, 0.4) is 0 Å². The number of hydrogen-bond donors (Lipinski definition) is 0. The average molecular weight is 682 g/mol. The van der Waals surface area contributed by atoms with Gasteiger partial charge >= 0.3 is 5.97 Å². The predicted molar refractivity (Wildman–Crippen MR) is 181 cm³/mol. The molecule has 2 heterocycles. The molecule has 0 bridgehead atoms. The number of esters is 1. The number of carbonyl (C=O) groups is 1. The second kappa shape index (κ2) is 15.0. The Morgan fingerprint density at radius 1 is 0.978 bits per heavy atom. The summed E-state index contributed by atoms with van der Waals surface area (Å²) in [4.78, 5) is 33.0. The number of carbonyl (C=O) groups excluding carboxylic acids is 1. The molecule has 1 aliphatic heterocycles. The molecule has 1 aliphatic rings. The topological polar surface area (TPSA) is 88.4 Å². The van der Waals surface area contributed by atoms with Gasteiger partial charge in [0.15, 0.2) is 16.3 Å². The molecule has 0 fully saturated rings. The molecular weight excluding hydrogens is 647 g/mol. The van der Waals surface area contributed by atoms with Crippen molar-refractivity contribution in [3.8, 4) is 17.2 Å². The average Bonchev–Trinajstić information content (AvgIpc) is 3.35. The van der Waals surface area contributed by atoms with Crippen molar-refractivity contribution < 1.29 is 23.7 Å². The normalized spacial score (nSPS) is 14.5. The minimum Gasteiger partial charge on any atom is -0.496 e. The fourth-order valence-corrected chi connectivity index (χ4v) is 6.65. The molecule has 0 spiro atoms. The summed E-state index contributed by atoms with van der Waals surface area (Å²) in [5.41, 5.74) is 2.70. The summed E-state index contributed by atoms with van der Waals surface area (Å²) in [6, 6.07) is 17.3. The first-order valence-corrected chi connectivity index (χ1v) is 16.5. The fourth-order valence-electron chi connectivity index (χ4n) is 5.26. The third kappa shape index (κ3) is 7.02. The van der Waals surface area contributed by atoms with Crippen LogP contribution in [0.2, 0.25) is 10.0 Å². The molecule has 0 N–H and O–H groups in total. The molecule has 11 heteroatoms. The maximum Gasteiger partial charge on any atom is 0.338 e. The monoisotopic (exact) mass is 680 g/mol. The lowest BCUT2D eigenvalue weighted by Crippen LogP contribution is -2.40. The van der Waals surface area contributed by atoms with E-state index in [1.807, 2.05) is 56.3 Å². The number of ether oxygens (including phenoxy) is 4. The van der Waals surface area contributed by atoms with Gasteiger partial charge in [-0.2, -0.15) is 0 Å². The van der Waals surface area contributed by atoms with Crippen molar-refractivity contribution in [3.63, 3.8) is 0 Å². The number of halogens is 2. The highest BCUT2D eigenvalue weighted by Gasteiger charge is 2.36. The SMILES string of the molecule is CCCC1=C(C(=O)OCC)[C@H](c2cc(Cl)ccc2OC)n2c(s/c(=C/c3ccc(OCc4ccccc4Cl)c(OCC)c3)c2=O)=N1. The van der Waals surface area contributed by atoms with E-state index in [9.17, 15) is 9.59 Å². The van der Waals surface area contributed by atoms with Crippen molar-refractivity contribution in [2.24, 2.45) is 4.99 Å². The van der Waals surface area contributed by atoms with E-state index < -0.39 is 12.0 Å². The molecule has 0 radical (unpaired) electrons. The summed E-state index contributed by atoms with van der Waals surface area (Å²) < 4.78 is 25.1. The van der Waals surface area contributed by atoms with Gasteiger partial charge in [0.05, 0.1) is 36.1 Å². The maximum absolute atomic E-state index is 14.2. The number of rotatable bonds is 12. The second-order valence-corrected chi connectivity index (χ2v) is 12.2. The van der Waals surface area contributed by atoms with Crippen LogP contribution < -0.4 is 29.1 Å². The smallest absolute Gasteiger partial charge is 0.338 e. The van der Waals surface area contributed by atoms with Crippen LogP contribution in [-0.2, 0) is 16.1 Å². The molecule has 0 aliphatic carbocycles. The summed E-state index contributed by atoms with van der Waals surface area (Å²) in [7, 11) is 1.54. The van der Waals surface area contributed by atoms with Crippen molar-refractivity contribution >= 4 is 46.6 Å². The number of aromatic nitrogens is 1. The summed E-state index contributed by atoms with van der Waals surface area (Å²) in [6.45, 7) is 6.51. The third-order valence-electron chi connectivity index (χ3n) is 7.28. The largest absolute Gasteiger partial charge is 0.496 e. The van der Waals surface area contributed by atoms with Crippen LogP contribution in [-0.4, -0.2) is 30.9 Å². The molecule has 1 aromatic heterocycles. The van der Waals surface area contributed by atoms with Gasteiger partial charge in [0, 0.05) is 21.2 Å². The minimum absolute atomic E-state index is 0.172. The number of nitrogens with zero attached hydrogens (tertiary/aromatic N) is 2. The number of methoxy groups -OCH3 is 1. The van der Waals surface area contributed by atoms with E-state index in [1.165, 1.54) is 23.0 Å². The molecule has 0 saturated heterocycles. The van der Waals surface area contributed by atoms with E-state index in [-0.39, 0.29) is 18.8 Å². The Morgan fingerprint density at radius 2 is 1.76 bits per heavy atom. The van der Waals surface area contributed by atoms with E-state index in [0.29, 0.717) is 66.5 Å². The molecule has 0 unspecified atom stereocenters. The van der Waals surface area contributed by atoms with Gasteiger partial charge in [-0.05, 0) is 68.3 Å². The van der Waals surface area contributed by atoms with E-state index in [4.69, 9.17) is 47.1 Å². The van der Waals surface area contributed by atoms with Crippen molar-refractivity contribution in [2.75, 3.05) is 20.3 Å². The first kappa shape index (κ1) is 33.3. The zero-order valence-electron chi connectivity index (χ0n) is 26.0. The van der Waals surface area contributed by atoms with Gasteiger partial charge in [-0.25, -0.2) is 9.79 Å². The van der Waals surface area contributed by atoms with Crippen molar-refractivity contribution in [3.05, 3.63) is 118 Å². The summed E-state index contributed by atoms with van der Waals surface area (Å²) in [6.07, 6.45) is 3.04. The second-order valence-electron chi connectivity index (χ2n) is 10.3. The molecular formula is C35H34Cl2N2O6S. The van der Waals surface area contributed by atoms with Gasteiger partial charge in [-0.15, -0.1) is 0 Å². The van der Waals surface area contributed by atoms with Crippen molar-refractivity contribution in [1.29, 1.82) is 0 Å². The maximum atomic E-state index is 14.2. The molecule has 1 atom stereocenters. The molecule has 8 nitrogen and oxygen atoms in total. The minimum atomic E-state index is -0.854. The van der Waals surface area contributed by atoms with Gasteiger partial charge in [-0.1, -0.05) is 72.1 Å². The molecule has 5 rings (SSSR count). The van der Waals surface area contributed by atoms with Crippen LogP contribution in [0.15, 0.2) is 81.7 Å². The lowest BCUT2D eigenvalue weighted by molar-refractivity contribution is -0.139. The standard InChI is InChI=1S/C35H34Cl2N2O6S/c1-5-10-26-31(34(41)44-7-3)32(24-19-23(36)14-16-27(24)42-4)39-33(40)30(46-35(39)38-26)18-21-13-15-28(29(17-21)43-6-2)45-20-22-11-8-9-12-25(22)37/h8-9,11-19,32H,5-7,10,20H2,1-4H3/b30-18+/t32-/m0/s1. The zero-order valence-corrected chi connectivity index (χ0v) is 28.3. The van der Waals surface area contributed by atoms with Gasteiger partial charge in [-0.3, -0.25) is 9.36 Å². The Balaban J connectivity index is 1.63. The number of thiazole rings is 1. The fraction of sp³-hybridized carbons (Fsp3) is 0.286.